The molecule has 2 atom stereocenters. The second kappa shape index (κ2) is 3.01. The molecule has 1 fully saturated rings. The maximum absolute atomic E-state index is 10.8. The third-order valence-corrected chi connectivity index (χ3v) is 2.08. The van der Waals surface area contributed by atoms with Crippen LogP contribution in [0.2, 0.25) is 0 Å². The Kier molecular flexibility index (Phi) is 2.27. The molecule has 2 unspecified atom stereocenters. The van der Waals surface area contributed by atoms with Crippen LogP contribution in [0.4, 0.5) is 0 Å². The number of rotatable bonds is 2. The summed E-state index contributed by atoms with van der Waals surface area (Å²) in [7, 11) is 0. The fourth-order valence-corrected chi connectivity index (χ4v) is 1.39. The molecule has 3 heteroatoms. The molecule has 0 bridgehead atoms. The minimum Gasteiger partial charge on any atom is -0.394 e. The van der Waals surface area contributed by atoms with Crippen molar-refractivity contribution in [3.05, 3.63) is 0 Å². The van der Waals surface area contributed by atoms with Crippen molar-refractivity contribution in [2.75, 3.05) is 6.61 Å². The summed E-state index contributed by atoms with van der Waals surface area (Å²) in [5, 5.41) is 11.5. The number of carbonyl (C=O) groups is 1. The van der Waals surface area contributed by atoms with Gasteiger partial charge in [0.25, 0.3) is 0 Å². The van der Waals surface area contributed by atoms with Crippen LogP contribution < -0.4 is 5.32 Å². The molecule has 58 valence electrons. The average molecular weight is 143 g/mol. The molecule has 1 rings (SSSR count). The first-order valence-corrected chi connectivity index (χ1v) is 3.68. The lowest BCUT2D eigenvalue weighted by molar-refractivity contribution is -0.119. The Bertz CT molecular complexity index is 122. The Labute approximate surface area is 60.4 Å². The maximum Gasteiger partial charge on any atom is 0.220 e. The van der Waals surface area contributed by atoms with Crippen LogP contribution in [-0.4, -0.2) is 23.7 Å². The molecule has 0 aliphatic carbocycles. The van der Waals surface area contributed by atoms with Crippen LogP contribution in [0.25, 0.3) is 0 Å². The zero-order valence-corrected chi connectivity index (χ0v) is 6.13. The molecule has 1 amide bonds. The highest BCUT2D eigenvalue weighted by Crippen LogP contribution is 2.18. The topological polar surface area (TPSA) is 49.3 Å². The van der Waals surface area contributed by atoms with E-state index in [1.807, 2.05) is 6.92 Å². The standard InChI is InChI=1S/C7H13NO2/c1-2-5-3-7(10)8-6(5)4-9/h5-6,9H,2-4H2,1H3,(H,8,10). The van der Waals surface area contributed by atoms with Crippen LogP contribution in [0.3, 0.4) is 0 Å². The molecule has 1 aliphatic rings. The van der Waals surface area contributed by atoms with E-state index in [-0.39, 0.29) is 18.6 Å². The van der Waals surface area contributed by atoms with Gasteiger partial charge in [0.05, 0.1) is 12.6 Å². The van der Waals surface area contributed by atoms with Crippen LogP contribution in [0, 0.1) is 5.92 Å². The van der Waals surface area contributed by atoms with Crippen molar-refractivity contribution in [1.29, 1.82) is 0 Å². The predicted octanol–water partition coefficient (Wildman–Crippen LogP) is -0.107. The molecule has 1 aliphatic heterocycles. The Hall–Kier alpha value is -0.570. The lowest BCUT2D eigenvalue weighted by Crippen LogP contribution is -2.32. The van der Waals surface area contributed by atoms with E-state index in [0.29, 0.717) is 12.3 Å². The smallest absolute Gasteiger partial charge is 0.220 e. The van der Waals surface area contributed by atoms with Gasteiger partial charge in [0.15, 0.2) is 0 Å². The van der Waals surface area contributed by atoms with Crippen LogP contribution in [0.1, 0.15) is 19.8 Å². The number of hydrogen-bond donors (Lipinski definition) is 2. The first-order valence-electron chi connectivity index (χ1n) is 3.68. The van der Waals surface area contributed by atoms with Gasteiger partial charge in [-0.3, -0.25) is 4.79 Å². The number of aliphatic hydroxyl groups excluding tert-OH is 1. The SMILES string of the molecule is CCC1CC(=O)NC1CO. The molecule has 2 N–H and O–H groups in total. The fourth-order valence-electron chi connectivity index (χ4n) is 1.39. The molecule has 1 saturated heterocycles. The van der Waals surface area contributed by atoms with E-state index in [4.69, 9.17) is 5.11 Å². The van der Waals surface area contributed by atoms with Gasteiger partial charge in [-0.1, -0.05) is 13.3 Å². The van der Waals surface area contributed by atoms with Gasteiger partial charge in [0.2, 0.25) is 5.91 Å². The van der Waals surface area contributed by atoms with Gasteiger partial charge >= 0.3 is 0 Å². The zero-order valence-electron chi connectivity index (χ0n) is 6.13. The first-order chi connectivity index (χ1) is 4.77. The number of aliphatic hydroxyl groups is 1. The van der Waals surface area contributed by atoms with Crippen LogP contribution in [-0.2, 0) is 4.79 Å². The largest absolute Gasteiger partial charge is 0.394 e. The molecule has 0 spiro atoms. The molecule has 0 saturated carbocycles. The van der Waals surface area contributed by atoms with Gasteiger partial charge in [-0.25, -0.2) is 0 Å². The summed E-state index contributed by atoms with van der Waals surface area (Å²) < 4.78 is 0. The van der Waals surface area contributed by atoms with Gasteiger partial charge < -0.3 is 10.4 Å². The summed E-state index contributed by atoms with van der Waals surface area (Å²) in [6, 6.07) is 0.0116. The number of hydrogen-bond acceptors (Lipinski definition) is 2. The summed E-state index contributed by atoms with van der Waals surface area (Å²) in [5.41, 5.74) is 0. The summed E-state index contributed by atoms with van der Waals surface area (Å²) in [6.07, 6.45) is 1.55. The van der Waals surface area contributed by atoms with Gasteiger partial charge in [-0.15, -0.1) is 0 Å². The second-order valence-electron chi connectivity index (χ2n) is 2.73. The van der Waals surface area contributed by atoms with Crippen LogP contribution >= 0.6 is 0 Å². The van der Waals surface area contributed by atoms with Gasteiger partial charge in [-0.2, -0.15) is 0 Å². The molecular formula is C7H13NO2. The summed E-state index contributed by atoms with van der Waals surface area (Å²) in [4.78, 5) is 10.8. The van der Waals surface area contributed by atoms with E-state index in [1.165, 1.54) is 0 Å². The van der Waals surface area contributed by atoms with E-state index in [9.17, 15) is 4.79 Å². The normalized spacial score (nSPS) is 32.4. The van der Waals surface area contributed by atoms with E-state index < -0.39 is 0 Å². The molecule has 10 heavy (non-hydrogen) atoms. The van der Waals surface area contributed by atoms with Crippen molar-refractivity contribution in [2.24, 2.45) is 5.92 Å². The van der Waals surface area contributed by atoms with Crippen molar-refractivity contribution in [1.82, 2.24) is 5.32 Å². The van der Waals surface area contributed by atoms with E-state index in [1.54, 1.807) is 0 Å². The Balaban J connectivity index is 2.48. The molecule has 3 nitrogen and oxygen atoms in total. The Morgan fingerprint density at radius 2 is 2.50 bits per heavy atom. The molecule has 0 aromatic heterocycles. The van der Waals surface area contributed by atoms with E-state index in [0.717, 1.165) is 6.42 Å². The average Bonchev–Trinajstić information content (AvgIpc) is 2.30. The maximum atomic E-state index is 10.8. The molecule has 0 aromatic rings. The zero-order chi connectivity index (χ0) is 7.56. The van der Waals surface area contributed by atoms with Crippen LogP contribution in [0.5, 0.6) is 0 Å². The first kappa shape index (κ1) is 7.54. The Morgan fingerprint density at radius 1 is 1.80 bits per heavy atom. The minimum absolute atomic E-state index is 0.0116. The van der Waals surface area contributed by atoms with Crippen LogP contribution in [0.15, 0.2) is 0 Å². The van der Waals surface area contributed by atoms with Crippen molar-refractivity contribution in [3.8, 4) is 0 Å². The predicted molar refractivity (Wildman–Crippen MR) is 37.4 cm³/mol. The summed E-state index contributed by atoms with van der Waals surface area (Å²) in [5.74, 6) is 0.420. The van der Waals surface area contributed by atoms with Crippen molar-refractivity contribution in [2.45, 2.75) is 25.8 Å². The third kappa shape index (κ3) is 1.29. The van der Waals surface area contributed by atoms with Gasteiger partial charge in [-0.05, 0) is 5.92 Å². The van der Waals surface area contributed by atoms with Crippen molar-refractivity contribution in [3.63, 3.8) is 0 Å². The number of carbonyl (C=O) groups excluding carboxylic acids is 1. The monoisotopic (exact) mass is 143 g/mol. The lowest BCUT2D eigenvalue weighted by Gasteiger charge is -2.12. The summed E-state index contributed by atoms with van der Waals surface area (Å²) in [6.45, 7) is 2.11. The lowest BCUT2D eigenvalue weighted by atomic mass is 9.99. The van der Waals surface area contributed by atoms with E-state index in [2.05, 4.69) is 5.32 Å². The van der Waals surface area contributed by atoms with Gasteiger partial charge in [0.1, 0.15) is 0 Å². The highest BCUT2D eigenvalue weighted by Gasteiger charge is 2.29. The molecule has 1 heterocycles. The molecule has 0 aromatic carbocycles. The van der Waals surface area contributed by atoms with Gasteiger partial charge in [0, 0.05) is 6.42 Å². The highest BCUT2D eigenvalue weighted by molar-refractivity contribution is 5.79. The minimum atomic E-state index is 0.0116. The Morgan fingerprint density at radius 3 is 2.90 bits per heavy atom. The summed E-state index contributed by atoms with van der Waals surface area (Å²) >= 11 is 0. The third-order valence-electron chi connectivity index (χ3n) is 2.08. The molecule has 0 radical (unpaired) electrons. The number of nitrogens with one attached hydrogen (secondary N) is 1. The van der Waals surface area contributed by atoms with Crippen molar-refractivity contribution >= 4 is 5.91 Å². The highest BCUT2D eigenvalue weighted by atomic mass is 16.3. The molecular weight excluding hydrogens is 130 g/mol. The fraction of sp³-hybridized carbons (Fsp3) is 0.857. The van der Waals surface area contributed by atoms with Crippen molar-refractivity contribution < 1.29 is 9.90 Å². The second-order valence-corrected chi connectivity index (χ2v) is 2.73. The number of amides is 1. The van der Waals surface area contributed by atoms with E-state index >= 15 is 0 Å². The quantitative estimate of drug-likeness (QED) is 0.566.